The minimum Gasteiger partial charge on any atom is -0.326 e. The average Bonchev–Trinajstić information content (AvgIpc) is 3.02. The molecule has 3 rings (SSSR count). The first-order valence-corrected chi connectivity index (χ1v) is 8.88. The molecule has 1 aromatic heterocycles. The number of hydrogen-bond donors (Lipinski definition) is 2. The minimum atomic E-state index is -0.564. The van der Waals surface area contributed by atoms with Crippen molar-refractivity contribution >= 4 is 45.6 Å². The van der Waals surface area contributed by atoms with Crippen LogP contribution in [0.3, 0.4) is 0 Å². The summed E-state index contributed by atoms with van der Waals surface area (Å²) >= 11 is 6.97. The summed E-state index contributed by atoms with van der Waals surface area (Å²) in [6, 6.07) is 7.65. The Morgan fingerprint density at radius 1 is 1.11 bits per heavy atom. The van der Waals surface area contributed by atoms with Gasteiger partial charge in [0.25, 0.3) is 5.91 Å². The second-order valence-electron chi connectivity index (χ2n) is 5.49. The lowest BCUT2D eigenvalue weighted by molar-refractivity contribution is -0.114. The molecule has 0 aliphatic heterocycles. The molecule has 0 unspecified atom stereocenters. The van der Waals surface area contributed by atoms with E-state index in [1.54, 1.807) is 11.4 Å². The number of nitrogens with zero attached hydrogens (tertiary/aromatic N) is 1. The van der Waals surface area contributed by atoms with Gasteiger partial charge in [0.1, 0.15) is 11.6 Å². The molecular formula is C18H12ClF2N3O2S. The molecule has 0 aliphatic rings. The highest BCUT2D eigenvalue weighted by atomic mass is 35.5. The maximum atomic E-state index is 14.3. The Morgan fingerprint density at radius 2 is 1.89 bits per heavy atom. The lowest BCUT2D eigenvalue weighted by Crippen LogP contribution is -2.12. The standard InChI is InChI=1S/C18H12ClF2N3O2S/c1-9(25)22-11-3-5-13(15(21)7-11)16-8-27-18(23-16)24-17(26)12-4-2-10(20)6-14(12)19/h2-8H,1H3,(H,22,25)(H,23,24,26). The fourth-order valence-electron chi connectivity index (χ4n) is 2.30. The molecule has 0 aliphatic carbocycles. The van der Waals surface area contributed by atoms with Crippen LogP contribution in [0.1, 0.15) is 17.3 Å². The quantitative estimate of drug-likeness (QED) is 0.642. The molecule has 0 saturated carbocycles. The van der Waals surface area contributed by atoms with Crippen molar-refractivity contribution in [1.82, 2.24) is 4.98 Å². The van der Waals surface area contributed by atoms with E-state index in [9.17, 15) is 18.4 Å². The highest BCUT2D eigenvalue weighted by molar-refractivity contribution is 7.14. The number of hydrogen-bond acceptors (Lipinski definition) is 4. The van der Waals surface area contributed by atoms with Crippen LogP contribution in [0.4, 0.5) is 19.6 Å². The summed E-state index contributed by atoms with van der Waals surface area (Å²) in [5.74, 6) is -1.97. The zero-order chi connectivity index (χ0) is 19.6. The third kappa shape index (κ3) is 4.47. The van der Waals surface area contributed by atoms with Gasteiger partial charge in [-0.3, -0.25) is 14.9 Å². The minimum absolute atomic E-state index is 0.0242. The normalized spacial score (nSPS) is 10.5. The molecule has 0 spiro atoms. The number of carbonyl (C=O) groups excluding carboxylic acids is 2. The van der Waals surface area contributed by atoms with Crippen LogP contribution in [-0.2, 0) is 4.79 Å². The fourth-order valence-corrected chi connectivity index (χ4v) is 3.26. The van der Waals surface area contributed by atoms with Crippen LogP contribution in [0.15, 0.2) is 41.8 Å². The summed E-state index contributed by atoms with van der Waals surface area (Å²) in [5.41, 5.74) is 0.979. The summed E-state index contributed by atoms with van der Waals surface area (Å²) in [7, 11) is 0. The van der Waals surface area contributed by atoms with Gasteiger partial charge < -0.3 is 5.32 Å². The summed E-state index contributed by atoms with van der Waals surface area (Å²) < 4.78 is 27.4. The van der Waals surface area contributed by atoms with Crippen LogP contribution in [0.25, 0.3) is 11.3 Å². The van der Waals surface area contributed by atoms with Crippen molar-refractivity contribution in [3.05, 3.63) is 64.0 Å². The van der Waals surface area contributed by atoms with Gasteiger partial charge in [0, 0.05) is 23.6 Å². The number of aromatic nitrogens is 1. The summed E-state index contributed by atoms with van der Waals surface area (Å²) in [6.07, 6.45) is 0. The van der Waals surface area contributed by atoms with E-state index in [-0.39, 0.29) is 27.2 Å². The van der Waals surface area contributed by atoms with Gasteiger partial charge in [0.05, 0.1) is 16.3 Å². The van der Waals surface area contributed by atoms with E-state index >= 15 is 0 Å². The van der Waals surface area contributed by atoms with Gasteiger partial charge in [0.15, 0.2) is 5.13 Å². The van der Waals surface area contributed by atoms with Gasteiger partial charge in [-0.1, -0.05) is 11.6 Å². The van der Waals surface area contributed by atoms with E-state index in [0.717, 1.165) is 23.5 Å². The molecular weight excluding hydrogens is 396 g/mol. The first-order valence-electron chi connectivity index (χ1n) is 7.63. The monoisotopic (exact) mass is 407 g/mol. The second kappa shape index (κ2) is 7.81. The molecule has 3 aromatic rings. The predicted molar refractivity (Wildman–Crippen MR) is 101 cm³/mol. The van der Waals surface area contributed by atoms with E-state index < -0.39 is 17.5 Å². The van der Waals surface area contributed by atoms with E-state index in [1.807, 2.05) is 0 Å². The van der Waals surface area contributed by atoms with Crippen LogP contribution < -0.4 is 10.6 Å². The topological polar surface area (TPSA) is 71.1 Å². The first-order chi connectivity index (χ1) is 12.8. The lowest BCUT2D eigenvalue weighted by Gasteiger charge is -2.05. The van der Waals surface area contributed by atoms with E-state index in [2.05, 4.69) is 15.6 Å². The molecule has 0 fully saturated rings. The maximum absolute atomic E-state index is 14.3. The molecule has 0 saturated heterocycles. The molecule has 27 heavy (non-hydrogen) atoms. The number of rotatable bonds is 4. The second-order valence-corrected chi connectivity index (χ2v) is 6.76. The number of anilines is 2. The smallest absolute Gasteiger partial charge is 0.258 e. The maximum Gasteiger partial charge on any atom is 0.258 e. The molecule has 2 amide bonds. The summed E-state index contributed by atoms with van der Waals surface area (Å²) in [5, 5.41) is 6.83. The Kier molecular flexibility index (Phi) is 5.48. The third-order valence-corrected chi connectivity index (χ3v) is 4.54. The fraction of sp³-hybridized carbons (Fsp3) is 0.0556. The van der Waals surface area contributed by atoms with Crippen molar-refractivity contribution in [2.45, 2.75) is 6.92 Å². The zero-order valence-electron chi connectivity index (χ0n) is 13.8. The van der Waals surface area contributed by atoms with Gasteiger partial charge in [-0.05, 0) is 36.4 Å². The Bertz CT molecular complexity index is 1040. The Morgan fingerprint density at radius 3 is 2.56 bits per heavy atom. The van der Waals surface area contributed by atoms with Gasteiger partial charge in [-0.25, -0.2) is 13.8 Å². The van der Waals surface area contributed by atoms with Crippen molar-refractivity contribution < 1.29 is 18.4 Å². The molecule has 5 nitrogen and oxygen atoms in total. The number of benzene rings is 2. The van der Waals surface area contributed by atoms with Crippen LogP contribution >= 0.6 is 22.9 Å². The molecule has 9 heteroatoms. The third-order valence-electron chi connectivity index (χ3n) is 3.47. The van der Waals surface area contributed by atoms with Gasteiger partial charge in [-0.15, -0.1) is 11.3 Å². The van der Waals surface area contributed by atoms with Crippen LogP contribution in [-0.4, -0.2) is 16.8 Å². The van der Waals surface area contributed by atoms with E-state index in [4.69, 9.17) is 11.6 Å². The average molecular weight is 408 g/mol. The number of carbonyl (C=O) groups is 2. The molecule has 1 heterocycles. The molecule has 2 aromatic carbocycles. The SMILES string of the molecule is CC(=O)Nc1ccc(-c2csc(NC(=O)c3ccc(F)cc3Cl)n2)c(F)c1. The highest BCUT2D eigenvalue weighted by Gasteiger charge is 2.15. The predicted octanol–water partition coefficient (Wildman–Crippen LogP) is 4.95. The largest absolute Gasteiger partial charge is 0.326 e. The van der Waals surface area contributed by atoms with Crippen molar-refractivity contribution in [1.29, 1.82) is 0 Å². The molecule has 0 atom stereocenters. The van der Waals surface area contributed by atoms with Crippen LogP contribution in [0, 0.1) is 11.6 Å². The summed E-state index contributed by atoms with van der Waals surface area (Å²) in [4.78, 5) is 27.5. The Balaban J connectivity index is 1.78. The molecule has 0 bridgehead atoms. The van der Waals surface area contributed by atoms with Gasteiger partial charge in [-0.2, -0.15) is 0 Å². The zero-order valence-corrected chi connectivity index (χ0v) is 15.4. The molecule has 2 N–H and O–H groups in total. The van der Waals surface area contributed by atoms with Gasteiger partial charge in [0.2, 0.25) is 5.91 Å². The van der Waals surface area contributed by atoms with Gasteiger partial charge >= 0.3 is 0 Å². The van der Waals surface area contributed by atoms with Crippen LogP contribution in [0.2, 0.25) is 5.02 Å². The highest BCUT2D eigenvalue weighted by Crippen LogP contribution is 2.29. The Labute approximate surface area is 162 Å². The molecule has 0 radical (unpaired) electrons. The van der Waals surface area contributed by atoms with Crippen molar-refractivity contribution in [3.8, 4) is 11.3 Å². The first kappa shape index (κ1) is 18.9. The number of halogens is 3. The molecule has 138 valence electrons. The summed E-state index contributed by atoms with van der Waals surface area (Å²) in [6.45, 7) is 1.33. The van der Waals surface area contributed by atoms with Crippen molar-refractivity contribution in [2.75, 3.05) is 10.6 Å². The number of amides is 2. The number of thiazole rings is 1. The van der Waals surface area contributed by atoms with Crippen LogP contribution in [0.5, 0.6) is 0 Å². The lowest BCUT2D eigenvalue weighted by atomic mass is 10.1. The van der Waals surface area contributed by atoms with Crippen molar-refractivity contribution in [3.63, 3.8) is 0 Å². The number of nitrogens with one attached hydrogen (secondary N) is 2. The van der Waals surface area contributed by atoms with Crippen molar-refractivity contribution in [2.24, 2.45) is 0 Å². The van der Waals surface area contributed by atoms with E-state index in [0.29, 0.717) is 11.4 Å². The Hall–Kier alpha value is -2.84. The van der Waals surface area contributed by atoms with E-state index in [1.165, 1.54) is 25.1 Å².